The number of hydrogen-bond donors (Lipinski definition) is 2. The number of benzene rings is 2. The number of hydroxylamine groups is 2. The van der Waals surface area contributed by atoms with Gasteiger partial charge in [-0.15, -0.1) is 0 Å². The fourth-order valence-electron chi connectivity index (χ4n) is 5.49. The predicted molar refractivity (Wildman–Crippen MR) is 136 cm³/mol. The Bertz CT molecular complexity index is 1250. The lowest BCUT2D eigenvalue weighted by atomic mass is 9.78. The van der Waals surface area contributed by atoms with Gasteiger partial charge in [-0.2, -0.15) is 18.2 Å². The summed E-state index contributed by atoms with van der Waals surface area (Å²) in [4.78, 5) is 31.1. The highest BCUT2D eigenvalue weighted by molar-refractivity contribution is 6.05. The van der Waals surface area contributed by atoms with Gasteiger partial charge in [0.1, 0.15) is 5.75 Å². The van der Waals surface area contributed by atoms with Gasteiger partial charge in [0.25, 0.3) is 0 Å². The van der Waals surface area contributed by atoms with Crippen LogP contribution in [-0.2, 0) is 27.0 Å². The number of nitrogens with one attached hydrogen (secondary N) is 2. The standard InChI is InChI=1S/C28H30F3N3O4/c1-37-34-10-8-17(9-11-34)23-13-19-4-6-21(16-24(19)33-27(23)36)32-26(35)14-18-3-2-12-38-25-15-20(28(29,30)31)5-7-22(18)25/h4-7,14-17,23H,2-3,8-13H2,1H3,(H,32,35)(H,33,36). The van der Waals surface area contributed by atoms with E-state index in [2.05, 4.69) is 10.6 Å². The zero-order chi connectivity index (χ0) is 26.9. The van der Waals surface area contributed by atoms with Crippen molar-refractivity contribution in [2.75, 3.05) is 37.4 Å². The first-order chi connectivity index (χ1) is 18.2. The molecule has 0 aliphatic carbocycles. The van der Waals surface area contributed by atoms with Gasteiger partial charge in [0.15, 0.2) is 0 Å². The van der Waals surface area contributed by atoms with E-state index in [9.17, 15) is 22.8 Å². The maximum absolute atomic E-state index is 13.1. The van der Waals surface area contributed by atoms with E-state index in [1.807, 2.05) is 11.1 Å². The second kappa shape index (κ2) is 10.8. The molecule has 3 aliphatic rings. The van der Waals surface area contributed by atoms with Crippen molar-refractivity contribution in [3.05, 3.63) is 59.2 Å². The largest absolute Gasteiger partial charge is 0.493 e. The highest BCUT2D eigenvalue weighted by Gasteiger charge is 2.35. The van der Waals surface area contributed by atoms with Crippen molar-refractivity contribution in [2.24, 2.45) is 11.8 Å². The number of alkyl halides is 3. The highest BCUT2D eigenvalue weighted by Crippen LogP contribution is 2.39. The van der Waals surface area contributed by atoms with Gasteiger partial charge in [-0.25, -0.2) is 0 Å². The van der Waals surface area contributed by atoms with E-state index in [0.717, 1.165) is 43.6 Å². The normalized spacial score (nSPS) is 21.6. The van der Waals surface area contributed by atoms with Crippen LogP contribution in [0.4, 0.5) is 24.5 Å². The average molecular weight is 530 g/mol. The Hall–Kier alpha value is -3.37. The minimum Gasteiger partial charge on any atom is -0.493 e. The molecule has 3 aliphatic heterocycles. The van der Waals surface area contributed by atoms with E-state index in [0.29, 0.717) is 47.7 Å². The minimum absolute atomic E-state index is 0.00718. The fourth-order valence-corrected chi connectivity index (χ4v) is 5.49. The van der Waals surface area contributed by atoms with Gasteiger partial charge in [0.2, 0.25) is 11.8 Å². The zero-order valence-electron chi connectivity index (χ0n) is 21.1. The molecule has 2 N–H and O–H groups in total. The number of piperidine rings is 1. The molecule has 10 heteroatoms. The minimum atomic E-state index is -4.48. The number of rotatable bonds is 4. The SMILES string of the molecule is CON1CCC(C2Cc3ccc(NC(=O)C=C4CCCOc5cc(C(F)(F)F)ccc54)cc3NC2=O)CC1. The van der Waals surface area contributed by atoms with Gasteiger partial charge >= 0.3 is 6.18 Å². The Labute approximate surface area is 218 Å². The summed E-state index contributed by atoms with van der Waals surface area (Å²) in [7, 11) is 1.66. The molecule has 2 amide bonds. The molecule has 1 saturated heterocycles. The number of nitrogens with zero attached hydrogens (tertiary/aromatic N) is 1. The Kier molecular flexibility index (Phi) is 7.45. The third kappa shape index (κ3) is 5.71. The van der Waals surface area contributed by atoms with Gasteiger partial charge in [0.05, 0.1) is 19.3 Å². The van der Waals surface area contributed by atoms with Crippen LogP contribution in [0.5, 0.6) is 5.75 Å². The van der Waals surface area contributed by atoms with Crippen LogP contribution in [0, 0.1) is 11.8 Å². The molecular weight excluding hydrogens is 499 g/mol. The quantitative estimate of drug-likeness (QED) is 0.527. The number of allylic oxidation sites excluding steroid dienone is 1. The van der Waals surface area contributed by atoms with Crippen LogP contribution in [0.25, 0.3) is 5.57 Å². The summed E-state index contributed by atoms with van der Waals surface area (Å²) in [5, 5.41) is 7.74. The van der Waals surface area contributed by atoms with Crippen molar-refractivity contribution in [3.8, 4) is 5.75 Å². The van der Waals surface area contributed by atoms with Crippen molar-refractivity contribution < 1.29 is 32.3 Å². The smallest absolute Gasteiger partial charge is 0.416 e. The lowest BCUT2D eigenvalue weighted by Gasteiger charge is -2.36. The first-order valence-electron chi connectivity index (χ1n) is 12.8. The molecule has 5 rings (SSSR count). The maximum Gasteiger partial charge on any atom is 0.416 e. The number of anilines is 2. The Morgan fingerprint density at radius 2 is 1.97 bits per heavy atom. The number of halogens is 3. The van der Waals surface area contributed by atoms with Crippen LogP contribution in [-0.4, -0.2) is 43.7 Å². The number of carbonyl (C=O) groups is 2. The molecule has 0 radical (unpaired) electrons. The van der Waals surface area contributed by atoms with E-state index in [-0.39, 0.29) is 24.2 Å². The summed E-state index contributed by atoms with van der Waals surface area (Å²) in [6, 6.07) is 8.80. The van der Waals surface area contributed by atoms with Crippen LogP contribution in [0.15, 0.2) is 42.5 Å². The Balaban J connectivity index is 1.28. The van der Waals surface area contributed by atoms with Crippen molar-refractivity contribution in [3.63, 3.8) is 0 Å². The summed E-state index contributed by atoms with van der Waals surface area (Å²) < 4.78 is 44.9. The van der Waals surface area contributed by atoms with Crippen LogP contribution < -0.4 is 15.4 Å². The second-order valence-corrected chi connectivity index (χ2v) is 9.94. The van der Waals surface area contributed by atoms with Gasteiger partial charge in [-0.3, -0.25) is 9.59 Å². The molecule has 1 atom stereocenters. The zero-order valence-corrected chi connectivity index (χ0v) is 21.1. The van der Waals surface area contributed by atoms with Crippen LogP contribution in [0.2, 0.25) is 0 Å². The molecule has 0 spiro atoms. The molecule has 202 valence electrons. The van der Waals surface area contributed by atoms with Crippen LogP contribution in [0.1, 0.15) is 42.4 Å². The van der Waals surface area contributed by atoms with Crippen molar-refractivity contribution >= 4 is 28.8 Å². The third-order valence-electron chi connectivity index (χ3n) is 7.55. The molecule has 7 nitrogen and oxygen atoms in total. The predicted octanol–water partition coefficient (Wildman–Crippen LogP) is 5.28. The number of fused-ring (bicyclic) bond motifs is 2. The first kappa shape index (κ1) is 26.2. The van der Waals surface area contributed by atoms with E-state index < -0.39 is 17.6 Å². The molecule has 38 heavy (non-hydrogen) atoms. The average Bonchev–Trinajstić information content (AvgIpc) is 3.09. The van der Waals surface area contributed by atoms with Gasteiger partial charge in [0, 0.05) is 42.0 Å². The number of hydrogen-bond acceptors (Lipinski definition) is 5. The number of carbonyl (C=O) groups excluding carboxylic acids is 2. The molecule has 0 saturated carbocycles. The van der Waals surface area contributed by atoms with E-state index in [1.54, 1.807) is 19.2 Å². The molecule has 2 aromatic carbocycles. The summed E-state index contributed by atoms with van der Waals surface area (Å²) in [6.45, 7) is 1.88. The molecule has 0 aromatic heterocycles. The highest BCUT2D eigenvalue weighted by atomic mass is 19.4. The van der Waals surface area contributed by atoms with Crippen LogP contribution in [0.3, 0.4) is 0 Å². The Morgan fingerprint density at radius 1 is 1.18 bits per heavy atom. The fraction of sp³-hybridized carbons (Fsp3) is 0.429. The monoisotopic (exact) mass is 529 g/mol. The van der Waals surface area contributed by atoms with E-state index in [4.69, 9.17) is 9.57 Å². The second-order valence-electron chi connectivity index (χ2n) is 9.94. The number of amides is 2. The number of ether oxygens (including phenoxy) is 1. The summed E-state index contributed by atoms with van der Waals surface area (Å²) in [5.74, 6) is -0.0959. The lowest BCUT2D eigenvalue weighted by Crippen LogP contribution is -2.41. The maximum atomic E-state index is 13.1. The van der Waals surface area contributed by atoms with Gasteiger partial charge in [-0.05, 0) is 73.4 Å². The van der Waals surface area contributed by atoms with Gasteiger partial charge in [-0.1, -0.05) is 12.1 Å². The topological polar surface area (TPSA) is 79.9 Å². The first-order valence-corrected chi connectivity index (χ1v) is 12.8. The van der Waals surface area contributed by atoms with E-state index >= 15 is 0 Å². The molecule has 1 fully saturated rings. The van der Waals surface area contributed by atoms with Crippen LogP contribution >= 0.6 is 0 Å². The third-order valence-corrected chi connectivity index (χ3v) is 7.55. The van der Waals surface area contributed by atoms with Crippen molar-refractivity contribution in [1.29, 1.82) is 0 Å². The van der Waals surface area contributed by atoms with Crippen molar-refractivity contribution in [1.82, 2.24) is 5.06 Å². The Morgan fingerprint density at radius 3 is 2.71 bits per heavy atom. The molecule has 3 heterocycles. The molecule has 2 aromatic rings. The van der Waals surface area contributed by atoms with Crippen molar-refractivity contribution in [2.45, 2.75) is 38.3 Å². The van der Waals surface area contributed by atoms with E-state index in [1.165, 1.54) is 12.1 Å². The summed E-state index contributed by atoms with van der Waals surface area (Å²) in [5.41, 5.74) is 2.52. The van der Waals surface area contributed by atoms with Gasteiger partial charge < -0.3 is 20.2 Å². The summed E-state index contributed by atoms with van der Waals surface area (Å²) >= 11 is 0. The molecular formula is C28H30F3N3O4. The molecule has 1 unspecified atom stereocenters. The lowest BCUT2D eigenvalue weighted by molar-refractivity contribution is -0.153. The summed E-state index contributed by atoms with van der Waals surface area (Å²) in [6.07, 6.45) is 0.443. The molecule has 0 bridgehead atoms.